The molecule has 0 aliphatic carbocycles. The van der Waals surface area contributed by atoms with Crippen LogP contribution in [0.4, 0.5) is 0 Å². The van der Waals surface area contributed by atoms with E-state index in [0.717, 1.165) is 28.2 Å². The van der Waals surface area contributed by atoms with Crippen molar-refractivity contribution in [1.82, 2.24) is 0 Å². The maximum atomic E-state index is 6.29. The van der Waals surface area contributed by atoms with Gasteiger partial charge in [-0.3, -0.25) is 0 Å². The summed E-state index contributed by atoms with van der Waals surface area (Å²) in [6.07, 6.45) is 0. The molecule has 1 heterocycles. The molecule has 0 amide bonds. The molecule has 0 bridgehead atoms. The average Bonchev–Trinajstić information content (AvgIpc) is 2.74. The van der Waals surface area contributed by atoms with Gasteiger partial charge in [0.1, 0.15) is 0 Å². The molecule has 6 heteroatoms. The van der Waals surface area contributed by atoms with Crippen molar-refractivity contribution in [2.45, 2.75) is 13.8 Å². The van der Waals surface area contributed by atoms with Gasteiger partial charge in [-0.2, -0.15) is 0 Å². The number of hydrogen-bond donors (Lipinski definition) is 0. The summed E-state index contributed by atoms with van der Waals surface area (Å²) in [6.45, 7) is 4.19. The molecule has 3 aromatic carbocycles. The molecule has 0 unspecified atom stereocenters. The third-order valence-corrected chi connectivity index (χ3v) is 4.57. The summed E-state index contributed by atoms with van der Waals surface area (Å²) in [5.74, 6) is 1.75. The Bertz CT molecular complexity index is 1050. The molecule has 0 aliphatic rings. The molecule has 0 spiro atoms. The van der Waals surface area contributed by atoms with Gasteiger partial charge < -0.3 is 0 Å². The van der Waals surface area contributed by atoms with Crippen LogP contribution in [0.25, 0.3) is 33.8 Å². The fourth-order valence-corrected chi connectivity index (χ4v) is 3.02. The van der Waals surface area contributed by atoms with Gasteiger partial charge in [0.2, 0.25) is 0 Å². The van der Waals surface area contributed by atoms with Crippen LogP contribution < -0.4 is 0 Å². The van der Waals surface area contributed by atoms with E-state index in [4.69, 9.17) is 44.8 Å². The van der Waals surface area contributed by atoms with Gasteiger partial charge in [-0.15, -0.1) is 0 Å². The van der Waals surface area contributed by atoms with Crippen molar-refractivity contribution in [2.24, 2.45) is 0 Å². The maximum absolute atomic E-state index is 6.29. The van der Waals surface area contributed by atoms with E-state index in [9.17, 15) is 0 Å². The van der Waals surface area contributed by atoms with E-state index in [2.05, 4.69) is 98.8 Å². The number of halogens is 4. The molecule has 163 valence electrons. The van der Waals surface area contributed by atoms with Crippen LogP contribution in [0.1, 0.15) is 11.1 Å². The summed E-state index contributed by atoms with van der Waals surface area (Å²) >= 11 is 0. The van der Waals surface area contributed by atoms with E-state index in [1.54, 1.807) is 0 Å². The zero-order valence-corrected chi connectivity index (χ0v) is 21.1. The van der Waals surface area contributed by atoms with Crippen LogP contribution >= 0.6 is 40.4 Å². The minimum absolute atomic E-state index is 0.877. The van der Waals surface area contributed by atoms with E-state index in [-0.39, 0.29) is 0 Å². The fraction of sp³-hybridized carbons (Fsp3) is 0.0800. The predicted molar refractivity (Wildman–Crippen MR) is 132 cm³/mol. The normalized spacial score (nSPS) is 11.4. The standard InChI is InChI=1S/C25H21O.4ClH.Fe/c1-18-8-12-21(13-9-18)24-16-23(20-6-4-3-5-7-20)17-25(26-24)22-14-10-19(2)11-15-22;;;;;/h3-17H,1-2H3;4*1H;/q+1;;;;;+3/p-4. The Morgan fingerprint density at radius 1 is 0.516 bits per heavy atom. The molecular formula is C25H21Cl4FeO. The molecular weight excluding hydrogens is 514 g/mol. The quantitative estimate of drug-likeness (QED) is 0.188. The van der Waals surface area contributed by atoms with E-state index in [1.165, 1.54) is 16.7 Å². The second-order valence-electron chi connectivity index (χ2n) is 6.98. The third kappa shape index (κ3) is 7.84. The van der Waals surface area contributed by atoms with Gasteiger partial charge in [0.15, 0.2) is 0 Å². The van der Waals surface area contributed by atoms with Gasteiger partial charge in [0, 0.05) is 5.56 Å². The Morgan fingerprint density at radius 3 is 1.29 bits per heavy atom. The summed E-state index contributed by atoms with van der Waals surface area (Å²) in [5, 5.41) is 0. The molecule has 0 N–H and O–H groups in total. The SMILES string of the molecule is Cc1ccc(-c2cc(-c3ccccc3)cc(-c3ccc(C)cc3)[o+]2)cc1.[Cl][Fe-]([Cl])([Cl])[Cl]. The zero-order chi connectivity index (χ0) is 22.4. The topological polar surface area (TPSA) is 11.3 Å². The molecule has 1 aromatic heterocycles. The number of aryl methyl sites for hydroxylation is 2. The first-order chi connectivity index (χ1) is 14.7. The summed E-state index contributed by atoms with van der Waals surface area (Å²) < 4.78 is 6.29. The van der Waals surface area contributed by atoms with E-state index >= 15 is 0 Å². The molecule has 0 saturated heterocycles. The molecule has 4 rings (SSSR count). The third-order valence-electron chi connectivity index (χ3n) is 4.57. The summed E-state index contributed by atoms with van der Waals surface area (Å²) in [6, 6.07) is 31.6. The monoisotopic (exact) mass is 533 g/mol. The van der Waals surface area contributed by atoms with Crippen molar-refractivity contribution >= 4 is 40.4 Å². The number of hydrogen-bond acceptors (Lipinski definition) is 0. The second kappa shape index (κ2) is 10.9. The fourth-order valence-electron chi connectivity index (χ4n) is 3.02. The molecule has 0 fully saturated rings. The van der Waals surface area contributed by atoms with Gasteiger partial charge in [-0.1, -0.05) is 65.7 Å². The van der Waals surface area contributed by atoms with Gasteiger partial charge >= 0.3 is 61.1 Å². The predicted octanol–water partition coefficient (Wildman–Crippen LogP) is 9.93. The molecule has 0 radical (unpaired) electrons. The van der Waals surface area contributed by atoms with Gasteiger partial charge in [-0.25, -0.2) is 4.42 Å². The van der Waals surface area contributed by atoms with Gasteiger partial charge in [0.25, 0.3) is 0 Å². The summed E-state index contributed by atoms with van der Waals surface area (Å²) in [5.41, 5.74) is 7.00. The van der Waals surface area contributed by atoms with Crippen molar-refractivity contribution in [2.75, 3.05) is 0 Å². The summed E-state index contributed by atoms with van der Waals surface area (Å²) in [4.78, 5) is 0. The average molecular weight is 535 g/mol. The van der Waals surface area contributed by atoms with Crippen molar-refractivity contribution in [3.63, 3.8) is 0 Å². The van der Waals surface area contributed by atoms with Crippen LogP contribution in [0.5, 0.6) is 0 Å². The van der Waals surface area contributed by atoms with E-state index < -0.39 is 9.20 Å². The first kappa shape index (κ1) is 24.1. The molecule has 31 heavy (non-hydrogen) atoms. The van der Waals surface area contributed by atoms with Crippen molar-refractivity contribution in [3.05, 3.63) is 102 Å². The van der Waals surface area contributed by atoms with Crippen LogP contribution in [-0.4, -0.2) is 0 Å². The molecule has 0 saturated carbocycles. The Hall–Kier alpha value is -1.51. The number of benzene rings is 3. The molecule has 4 aromatic rings. The van der Waals surface area contributed by atoms with Crippen molar-refractivity contribution < 1.29 is 13.6 Å². The van der Waals surface area contributed by atoms with Crippen LogP contribution in [-0.2, 0) is 9.20 Å². The van der Waals surface area contributed by atoms with Crippen molar-refractivity contribution in [3.8, 4) is 33.8 Å². The van der Waals surface area contributed by atoms with E-state index in [0.29, 0.717) is 0 Å². The molecule has 0 aliphatic heterocycles. The number of rotatable bonds is 3. The molecule has 0 atom stereocenters. The van der Waals surface area contributed by atoms with Gasteiger partial charge in [0.05, 0.1) is 23.3 Å². The van der Waals surface area contributed by atoms with Crippen LogP contribution in [0.3, 0.4) is 0 Å². The first-order valence-corrected chi connectivity index (χ1v) is 15.5. The second-order valence-corrected chi connectivity index (χ2v) is 17.9. The Labute approximate surface area is 202 Å². The van der Waals surface area contributed by atoms with Crippen molar-refractivity contribution in [1.29, 1.82) is 0 Å². The summed E-state index contributed by atoms with van der Waals surface area (Å²) in [7, 11) is 17.2. The van der Waals surface area contributed by atoms with Crippen LogP contribution in [0.2, 0.25) is 0 Å². The Kier molecular flexibility index (Phi) is 8.47. The van der Waals surface area contributed by atoms with Gasteiger partial charge in [-0.05, 0) is 43.7 Å². The van der Waals surface area contributed by atoms with Crippen LogP contribution in [0, 0.1) is 13.8 Å². The first-order valence-electron chi connectivity index (χ1n) is 9.40. The van der Waals surface area contributed by atoms with Crippen LogP contribution in [0.15, 0.2) is 95.4 Å². The zero-order valence-electron chi connectivity index (χ0n) is 16.9. The van der Waals surface area contributed by atoms with E-state index in [1.807, 2.05) is 6.07 Å². The minimum atomic E-state index is -2.61. The Balaban J connectivity index is 0.000000491. The Morgan fingerprint density at radius 2 is 0.903 bits per heavy atom. The molecule has 1 nitrogen and oxygen atoms in total.